The molecular formula is C29H36F3NO3. The first-order valence-electron chi connectivity index (χ1n) is 13.5. The number of benzene rings is 2. The summed E-state index contributed by atoms with van der Waals surface area (Å²) in [7, 11) is 0. The predicted molar refractivity (Wildman–Crippen MR) is 133 cm³/mol. The van der Waals surface area contributed by atoms with Crippen molar-refractivity contribution in [3.63, 3.8) is 0 Å². The van der Waals surface area contributed by atoms with Crippen molar-refractivity contribution >= 4 is 16.7 Å². The molecule has 1 N–H and O–H groups in total. The number of carbonyl (C=O) groups is 1. The molecule has 0 spiro atoms. The molecule has 4 nitrogen and oxygen atoms in total. The molecule has 3 atom stereocenters. The van der Waals surface area contributed by atoms with E-state index < -0.39 is 17.7 Å². The number of nitrogens with zero attached hydrogens (tertiary/aromatic N) is 1. The molecule has 2 saturated heterocycles. The van der Waals surface area contributed by atoms with Gasteiger partial charge in [-0.25, -0.2) is 0 Å². The summed E-state index contributed by atoms with van der Waals surface area (Å²) in [5.41, 5.74) is 0.319. The molecule has 2 bridgehead atoms. The van der Waals surface area contributed by atoms with E-state index in [1.807, 2.05) is 12.1 Å². The number of hydrogen-bond acceptors (Lipinski definition) is 3. The van der Waals surface area contributed by atoms with Gasteiger partial charge in [-0.05, 0) is 92.2 Å². The highest BCUT2D eigenvalue weighted by Crippen LogP contribution is 2.47. The lowest BCUT2D eigenvalue weighted by atomic mass is 9.87. The lowest BCUT2D eigenvalue weighted by molar-refractivity contribution is -0.145. The van der Waals surface area contributed by atoms with Crippen LogP contribution in [0.25, 0.3) is 10.8 Å². The molecule has 2 aromatic rings. The van der Waals surface area contributed by atoms with Gasteiger partial charge < -0.3 is 9.84 Å². The molecule has 2 heterocycles. The third-order valence-electron chi connectivity index (χ3n) is 8.82. The molecule has 36 heavy (non-hydrogen) atoms. The summed E-state index contributed by atoms with van der Waals surface area (Å²) in [4.78, 5) is 14.0. The van der Waals surface area contributed by atoms with Crippen LogP contribution in [0.1, 0.15) is 88.8 Å². The minimum absolute atomic E-state index is 0.0659. The zero-order chi connectivity index (χ0) is 25.6. The fraction of sp³-hybridized carbons (Fsp3) is 0.621. The summed E-state index contributed by atoms with van der Waals surface area (Å²) < 4.78 is 48.8. The van der Waals surface area contributed by atoms with Gasteiger partial charge in [-0.15, -0.1) is 0 Å². The van der Waals surface area contributed by atoms with E-state index in [1.54, 1.807) is 12.1 Å². The summed E-state index contributed by atoms with van der Waals surface area (Å²) in [6.45, 7) is 4.27. The van der Waals surface area contributed by atoms with Crippen molar-refractivity contribution in [2.75, 3.05) is 0 Å². The summed E-state index contributed by atoms with van der Waals surface area (Å²) in [5.74, 6) is -0.486. The van der Waals surface area contributed by atoms with Gasteiger partial charge in [0.05, 0.1) is 12.0 Å². The number of ether oxygens (including phenoxy) is 1. The Morgan fingerprint density at radius 1 is 1.06 bits per heavy atom. The van der Waals surface area contributed by atoms with Crippen LogP contribution in [0, 0.1) is 11.8 Å². The Hall–Kier alpha value is -2.28. The molecule has 0 radical (unpaired) electrons. The van der Waals surface area contributed by atoms with Gasteiger partial charge in [-0.2, -0.15) is 13.2 Å². The Morgan fingerprint density at radius 2 is 1.72 bits per heavy atom. The number of piperidine rings is 1. The van der Waals surface area contributed by atoms with E-state index in [0.717, 1.165) is 50.5 Å². The van der Waals surface area contributed by atoms with E-state index in [9.17, 15) is 23.1 Å². The van der Waals surface area contributed by atoms with Crippen LogP contribution in [-0.2, 0) is 11.0 Å². The minimum Gasteiger partial charge on any atom is -0.490 e. The zero-order valence-electron chi connectivity index (χ0n) is 21.1. The highest BCUT2D eigenvalue weighted by atomic mass is 19.4. The molecule has 0 amide bonds. The van der Waals surface area contributed by atoms with Gasteiger partial charge in [-0.3, -0.25) is 9.69 Å². The van der Waals surface area contributed by atoms with Crippen molar-refractivity contribution in [1.82, 2.24) is 4.90 Å². The van der Waals surface area contributed by atoms with Crippen LogP contribution in [0.3, 0.4) is 0 Å². The second-order valence-corrected chi connectivity index (χ2v) is 11.2. The third-order valence-corrected chi connectivity index (χ3v) is 8.82. The Kier molecular flexibility index (Phi) is 6.96. The number of carboxylic acid groups (broad SMARTS) is 1. The highest BCUT2D eigenvalue weighted by Gasteiger charge is 2.45. The van der Waals surface area contributed by atoms with Gasteiger partial charge in [-0.1, -0.05) is 32.0 Å². The number of rotatable bonds is 6. The standard InChI is InChI=1S/C29H36F3NO3/c1-3-25(33-21-8-9-22(33)16-20(15-21)28(34)35)19-6-12-24-18(14-19)7-13-26(27(24)29(30,31)32)36-23-10-4-17(2)5-11-23/h6-7,12-14,17,20-23,25H,3-5,8-11,15-16H2,1-2H3,(H,34,35). The Morgan fingerprint density at radius 3 is 2.31 bits per heavy atom. The SMILES string of the molecule is CCC(c1ccc2c(C(F)(F)F)c(OC3CCC(C)CC3)ccc2c1)N1C2CCC1CC(C(=O)O)C2. The molecule has 3 fully saturated rings. The minimum atomic E-state index is -4.51. The predicted octanol–water partition coefficient (Wildman–Crippen LogP) is 7.59. The number of hydrogen-bond donors (Lipinski definition) is 1. The average Bonchev–Trinajstić information content (AvgIpc) is 3.07. The Labute approximate surface area is 210 Å². The normalized spacial score (nSPS) is 29.9. The molecule has 3 unspecified atom stereocenters. The van der Waals surface area contributed by atoms with Gasteiger partial charge in [0.1, 0.15) is 11.3 Å². The number of carboxylic acids is 1. The fourth-order valence-electron chi connectivity index (χ4n) is 7.00. The topological polar surface area (TPSA) is 49.8 Å². The molecule has 7 heteroatoms. The number of alkyl halides is 3. The van der Waals surface area contributed by atoms with E-state index in [2.05, 4.69) is 18.7 Å². The summed E-state index contributed by atoms with van der Waals surface area (Å²) >= 11 is 0. The van der Waals surface area contributed by atoms with Gasteiger partial charge in [0.2, 0.25) is 0 Å². The quantitative estimate of drug-likeness (QED) is 0.441. The van der Waals surface area contributed by atoms with Crippen molar-refractivity contribution in [2.45, 2.75) is 102 Å². The molecule has 1 saturated carbocycles. The van der Waals surface area contributed by atoms with Crippen LogP contribution in [0.5, 0.6) is 5.75 Å². The number of aliphatic carboxylic acids is 1. The zero-order valence-corrected chi connectivity index (χ0v) is 21.1. The number of halogens is 3. The van der Waals surface area contributed by atoms with Crippen molar-refractivity contribution in [3.05, 3.63) is 41.5 Å². The van der Waals surface area contributed by atoms with Gasteiger partial charge >= 0.3 is 12.1 Å². The van der Waals surface area contributed by atoms with Crippen molar-refractivity contribution in [2.24, 2.45) is 11.8 Å². The smallest absolute Gasteiger partial charge is 0.420 e. The van der Waals surface area contributed by atoms with Gasteiger partial charge in [0.25, 0.3) is 0 Å². The van der Waals surface area contributed by atoms with Gasteiger partial charge in [0.15, 0.2) is 0 Å². The highest BCUT2D eigenvalue weighted by molar-refractivity contribution is 5.89. The molecule has 3 aliphatic rings. The first kappa shape index (κ1) is 25.4. The molecule has 196 valence electrons. The monoisotopic (exact) mass is 503 g/mol. The lowest BCUT2D eigenvalue weighted by Gasteiger charge is -2.42. The van der Waals surface area contributed by atoms with Crippen LogP contribution in [-0.4, -0.2) is 34.2 Å². The maximum Gasteiger partial charge on any atom is 0.420 e. The molecule has 2 aliphatic heterocycles. The molecule has 1 aliphatic carbocycles. The third kappa shape index (κ3) is 4.83. The molecule has 0 aromatic heterocycles. The summed E-state index contributed by atoms with van der Waals surface area (Å²) in [6.07, 6.45) is 2.93. The van der Waals surface area contributed by atoms with E-state index in [0.29, 0.717) is 24.1 Å². The Bertz CT molecular complexity index is 1090. The van der Waals surface area contributed by atoms with Crippen LogP contribution in [0.15, 0.2) is 30.3 Å². The Balaban J connectivity index is 1.45. The van der Waals surface area contributed by atoms with E-state index in [4.69, 9.17) is 4.74 Å². The summed E-state index contributed by atoms with van der Waals surface area (Å²) in [6, 6.07) is 9.08. The van der Waals surface area contributed by atoms with E-state index >= 15 is 0 Å². The van der Waals surface area contributed by atoms with Gasteiger partial charge in [0, 0.05) is 18.1 Å². The van der Waals surface area contributed by atoms with E-state index in [-0.39, 0.29) is 41.3 Å². The van der Waals surface area contributed by atoms with Crippen LogP contribution < -0.4 is 4.74 Å². The first-order chi connectivity index (χ1) is 17.2. The second kappa shape index (κ2) is 9.88. The fourth-order valence-corrected chi connectivity index (χ4v) is 7.00. The summed E-state index contributed by atoms with van der Waals surface area (Å²) in [5, 5.41) is 10.3. The first-order valence-corrected chi connectivity index (χ1v) is 13.5. The van der Waals surface area contributed by atoms with Crippen molar-refractivity contribution in [1.29, 1.82) is 0 Å². The van der Waals surface area contributed by atoms with Crippen LogP contribution >= 0.6 is 0 Å². The maximum atomic E-state index is 14.3. The van der Waals surface area contributed by atoms with E-state index in [1.165, 1.54) is 6.07 Å². The van der Waals surface area contributed by atoms with Crippen LogP contribution in [0.2, 0.25) is 0 Å². The largest absolute Gasteiger partial charge is 0.490 e. The number of fused-ring (bicyclic) bond motifs is 3. The second-order valence-electron chi connectivity index (χ2n) is 11.2. The molecular weight excluding hydrogens is 467 g/mol. The molecule has 2 aromatic carbocycles. The lowest BCUT2D eigenvalue weighted by Crippen LogP contribution is -2.46. The van der Waals surface area contributed by atoms with Crippen molar-refractivity contribution in [3.8, 4) is 5.75 Å². The van der Waals surface area contributed by atoms with Crippen molar-refractivity contribution < 1.29 is 27.8 Å². The maximum absolute atomic E-state index is 14.3. The molecule has 5 rings (SSSR count). The van der Waals surface area contributed by atoms with Crippen LogP contribution in [0.4, 0.5) is 13.2 Å². The average molecular weight is 504 g/mol.